The monoisotopic (exact) mass is 394 g/mol. The van der Waals surface area contributed by atoms with E-state index in [-0.39, 0.29) is 11.6 Å². The molecule has 1 aliphatic heterocycles. The average Bonchev–Trinajstić information content (AvgIpc) is 3.14. The van der Waals surface area contributed by atoms with Crippen LogP contribution >= 0.6 is 0 Å². The van der Waals surface area contributed by atoms with Crippen LogP contribution in [-0.4, -0.2) is 46.9 Å². The lowest BCUT2D eigenvalue weighted by atomic mass is 10.0. The first kappa shape index (κ1) is 18.9. The maximum absolute atomic E-state index is 12.8. The fourth-order valence-electron chi connectivity index (χ4n) is 3.66. The van der Waals surface area contributed by atoms with Gasteiger partial charge in [-0.2, -0.15) is 0 Å². The van der Waals surface area contributed by atoms with Gasteiger partial charge in [0.15, 0.2) is 0 Å². The molecule has 1 amide bonds. The van der Waals surface area contributed by atoms with E-state index in [9.17, 15) is 14.9 Å². The quantitative estimate of drug-likeness (QED) is 0.498. The van der Waals surface area contributed by atoms with E-state index in [4.69, 9.17) is 4.42 Å². The Bertz CT molecular complexity index is 1070. The van der Waals surface area contributed by atoms with Crippen LogP contribution in [0.1, 0.15) is 16.7 Å². The van der Waals surface area contributed by atoms with Gasteiger partial charge in [0.2, 0.25) is 5.91 Å². The summed E-state index contributed by atoms with van der Waals surface area (Å²) in [6.07, 6.45) is 3.26. The summed E-state index contributed by atoms with van der Waals surface area (Å²) in [4.78, 5) is 31.1. The van der Waals surface area contributed by atoms with Crippen LogP contribution in [0.4, 0.5) is 11.5 Å². The number of furan rings is 1. The number of aromatic nitrogens is 1. The van der Waals surface area contributed by atoms with Crippen molar-refractivity contribution in [2.75, 3.05) is 31.1 Å². The van der Waals surface area contributed by atoms with Crippen LogP contribution in [0.3, 0.4) is 0 Å². The van der Waals surface area contributed by atoms with Gasteiger partial charge in [0, 0.05) is 43.2 Å². The maximum Gasteiger partial charge on any atom is 0.287 e. The largest absolute Gasteiger partial charge is 0.464 e. The Labute approximate surface area is 167 Å². The summed E-state index contributed by atoms with van der Waals surface area (Å²) in [7, 11) is 0. The first-order valence-corrected chi connectivity index (χ1v) is 9.53. The highest BCUT2D eigenvalue weighted by atomic mass is 16.6. The molecule has 3 heterocycles. The van der Waals surface area contributed by atoms with Crippen molar-refractivity contribution in [2.24, 2.45) is 0 Å². The van der Waals surface area contributed by atoms with E-state index in [1.54, 1.807) is 12.3 Å². The van der Waals surface area contributed by atoms with Gasteiger partial charge in [0.1, 0.15) is 17.6 Å². The molecule has 0 radical (unpaired) electrons. The SMILES string of the molecule is Cc1ccc2c(CC(=O)N3CCN(c4ccc([N+](=O)[O-])cn4)CC3)coc2c1C. The van der Waals surface area contributed by atoms with E-state index in [0.29, 0.717) is 38.4 Å². The lowest BCUT2D eigenvalue weighted by molar-refractivity contribution is -0.385. The number of carbonyl (C=O) groups is 1. The molecule has 1 aromatic carbocycles. The second-order valence-corrected chi connectivity index (χ2v) is 7.32. The predicted molar refractivity (Wildman–Crippen MR) is 109 cm³/mol. The number of anilines is 1. The zero-order chi connectivity index (χ0) is 20.5. The molecule has 0 bridgehead atoms. The van der Waals surface area contributed by atoms with E-state index in [2.05, 4.69) is 11.1 Å². The second kappa shape index (κ2) is 7.54. The molecule has 1 fully saturated rings. The number of aryl methyl sites for hydroxylation is 2. The molecule has 0 saturated carbocycles. The number of fused-ring (bicyclic) bond motifs is 1. The Morgan fingerprint density at radius 3 is 2.59 bits per heavy atom. The number of rotatable bonds is 4. The topological polar surface area (TPSA) is 92.7 Å². The highest BCUT2D eigenvalue weighted by molar-refractivity contribution is 5.89. The molecular weight excluding hydrogens is 372 g/mol. The van der Waals surface area contributed by atoms with Gasteiger partial charge in [-0.15, -0.1) is 0 Å². The lowest BCUT2D eigenvalue weighted by Crippen LogP contribution is -2.49. The van der Waals surface area contributed by atoms with Crippen LogP contribution in [0.5, 0.6) is 0 Å². The van der Waals surface area contributed by atoms with Gasteiger partial charge < -0.3 is 14.2 Å². The number of carbonyl (C=O) groups excluding carboxylic acids is 1. The third-order valence-electron chi connectivity index (χ3n) is 5.58. The Morgan fingerprint density at radius 1 is 1.17 bits per heavy atom. The summed E-state index contributed by atoms with van der Waals surface area (Å²) in [5.41, 5.74) is 4.00. The molecule has 0 atom stereocenters. The van der Waals surface area contributed by atoms with Crippen molar-refractivity contribution in [3.8, 4) is 0 Å². The van der Waals surface area contributed by atoms with Crippen molar-refractivity contribution in [3.05, 3.63) is 63.5 Å². The zero-order valence-corrected chi connectivity index (χ0v) is 16.4. The van der Waals surface area contributed by atoms with Crippen LogP contribution in [0.25, 0.3) is 11.0 Å². The van der Waals surface area contributed by atoms with Crippen LogP contribution in [0.2, 0.25) is 0 Å². The molecule has 8 nitrogen and oxygen atoms in total. The van der Waals surface area contributed by atoms with E-state index < -0.39 is 4.92 Å². The number of benzene rings is 1. The highest BCUT2D eigenvalue weighted by Gasteiger charge is 2.23. The van der Waals surface area contributed by atoms with E-state index in [1.807, 2.05) is 29.7 Å². The predicted octanol–water partition coefficient (Wildman–Crippen LogP) is 3.24. The minimum Gasteiger partial charge on any atom is -0.464 e. The highest BCUT2D eigenvalue weighted by Crippen LogP contribution is 2.27. The van der Waals surface area contributed by atoms with Gasteiger partial charge in [-0.3, -0.25) is 14.9 Å². The van der Waals surface area contributed by atoms with Crippen molar-refractivity contribution >= 4 is 28.4 Å². The normalized spacial score (nSPS) is 14.4. The smallest absolute Gasteiger partial charge is 0.287 e. The molecule has 0 aliphatic carbocycles. The van der Waals surface area contributed by atoms with Crippen LogP contribution in [0, 0.1) is 24.0 Å². The molecule has 1 saturated heterocycles. The molecule has 0 unspecified atom stereocenters. The molecule has 4 rings (SSSR count). The van der Waals surface area contributed by atoms with Crippen molar-refractivity contribution in [1.29, 1.82) is 0 Å². The standard InChI is InChI=1S/C21H22N4O4/c1-14-3-5-18-16(13-29-21(18)15(14)2)11-20(26)24-9-7-23(8-10-24)19-6-4-17(12-22-19)25(27)28/h3-6,12-13H,7-11H2,1-2H3. The number of amides is 1. The number of nitrogens with zero attached hydrogens (tertiary/aromatic N) is 4. The third-order valence-corrected chi connectivity index (χ3v) is 5.58. The van der Waals surface area contributed by atoms with Gasteiger partial charge >= 0.3 is 0 Å². The first-order valence-electron chi connectivity index (χ1n) is 9.53. The fraction of sp³-hybridized carbons (Fsp3) is 0.333. The summed E-state index contributed by atoms with van der Waals surface area (Å²) in [6, 6.07) is 7.17. The van der Waals surface area contributed by atoms with Gasteiger partial charge in [-0.1, -0.05) is 12.1 Å². The number of nitro groups is 1. The summed E-state index contributed by atoms with van der Waals surface area (Å²) in [5.74, 6) is 0.761. The Balaban J connectivity index is 1.39. The van der Waals surface area contributed by atoms with Crippen molar-refractivity contribution in [3.63, 3.8) is 0 Å². The van der Waals surface area contributed by atoms with Gasteiger partial charge in [0.05, 0.1) is 17.6 Å². The minimum absolute atomic E-state index is 0.0275. The molecule has 150 valence electrons. The maximum atomic E-state index is 12.8. The summed E-state index contributed by atoms with van der Waals surface area (Å²) in [5, 5.41) is 11.8. The Kier molecular flexibility index (Phi) is 4.92. The van der Waals surface area contributed by atoms with Crippen molar-refractivity contribution in [2.45, 2.75) is 20.3 Å². The minimum atomic E-state index is -0.463. The molecule has 2 aromatic heterocycles. The average molecular weight is 394 g/mol. The van der Waals surface area contributed by atoms with Gasteiger partial charge in [0.25, 0.3) is 5.69 Å². The van der Waals surface area contributed by atoms with Gasteiger partial charge in [-0.25, -0.2) is 4.98 Å². The van der Waals surface area contributed by atoms with E-state index in [0.717, 1.165) is 22.1 Å². The van der Waals surface area contributed by atoms with Crippen LogP contribution in [-0.2, 0) is 11.2 Å². The molecule has 8 heteroatoms. The number of pyridine rings is 1. The molecule has 1 aliphatic rings. The number of piperazine rings is 1. The Morgan fingerprint density at radius 2 is 1.93 bits per heavy atom. The first-order chi connectivity index (χ1) is 13.9. The molecular formula is C21H22N4O4. The lowest BCUT2D eigenvalue weighted by Gasteiger charge is -2.35. The van der Waals surface area contributed by atoms with E-state index >= 15 is 0 Å². The molecule has 0 spiro atoms. The number of hydrogen-bond donors (Lipinski definition) is 0. The van der Waals surface area contributed by atoms with Gasteiger partial charge in [-0.05, 0) is 31.0 Å². The summed E-state index contributed by atoms with van der Waals surface area (Å²) in [6.45, 7) is 6.53. The summed E-state index contributed by atoms with van der Waals surface area (Å²) >= 11 is 0. The van der Waals surface area contributed by atoms with Crippen LogP contribution < -0.4 is 4.90 Å². The van der Waals surface area contributed by atoms with E-state index in [1.165, 1.54) is 17.8 Å². The second-order valence-electron chi connectivity index (χ2n) is 7.32. The van der Waals surface area contributed by atoms with Crippen molar-refractivity contribution in [1.82, 2.24) is 9.88 Å². The van der Waals surface area contributed by atoms with Crippen LogP contribution in [0.15, 0.2) is 41.1 Å². The number of hydrogen-bond acceptors (Lipinski definition) is 6. The molecule has 0 N–H and O–H groups in total. The molecule has 29 heavy (non-hydrogen) atoms. The summed E-state index contributed by atoms with van der Waals surface area (Å²) < 4.78 is 5.72. The fourth-order valence-corrected chi connectivity index (χ4v) is 3.66. The zero-order valence-electron chi connectivity index (χ0n) is 16.4. The Hall–Kier alpha value is -3.42. The molecule has 3 aromatic rings. The van der Waals surface area contributed by atoms with Crippen molar-refractivity contribution < 1.29 is 14.1 Å². The third kappa shape index (κ3) is 3.65.